The molecule has 0 amide bonds. The quantitative estimate of drug-likeness (QED) is 0.823. The van der Waals surface area contributed by atoms with Gasteiger partial charge in [-0.2, -0.15) is 0 Å². The SMILES string of the molecule is O=c1cc(CF)ccn1-c1cccc(C(F)F)c1. The predicted octanol–water partition coefficient (Wildman–Crippen LogP) is 3.24. The van der Waals surface area contributed by atoms with Crippen molar-refractivity contribution in [2.75, 3.05) is 0 Å². The van der Waals surface area contributed by atoms with E-state index in [0.29, 0.717) is 5.69 Å². The molecular weight excluding hydrogens is 243 g/mol. The van der Waals surface area contributed by atoms with Gasteiger partial charge in [0.15, 0.2) is 0 Å². The second-order valence-electron chi connectivity index (χ2n) is 3.77. The van der Waals surface area contributed by atoms with Crippen LogP contribution in [0, 0.1) is 0 Å². The first-order valence-corrected chi connectivity index (χ1v) is 5.28. The third kappa shape index (κ3) is 2.45. The Morgan fingerprint density at radius 1 is 1.17 bits per heavy atom. The minimum absolute atomic E-state index is 0.158. The molecule has 94 valence electrons. The molecule has 0 saturated carbocycles. The van der Waals surface area contributed by atoms with Crippen LogP contribution < -0.4 is 5.56 Å². The van der Waals surface area contributed by atoms with Gasteiger partial charge in [-0.1, -0.05) is 12.1 Å². The molecule has 0 aliphatic carbocycles. The van der Waals surface area contributed by atoms with Crippen LogP contribution in [0.2, 0.25) is 0 Å². The van der Waals surface area contributed by atoms with Crippen molar-refractivity contribution in [3.8, 4) is 5.69 Å². The van der Waals surface area contributed by atoms with Gasteiger partial charge >= 0.3 is 0 Å². The van der Waals surface area contributed by atoms with Crippen LogP contribution in [0.15, 0.2) is 47.4 Å². The van der Waals surface area contributed by atoms with Crippen LogP contribution >= 0.6 is 0 Å². The van der Waals surface area contributed by atoms with Gasteiger partial charge in [0, 0.05) is 23.5 Å². The summed E-state index contributed by atoms with van der Waals surface area (Å²) in [6.45, 7) is -0.729. The molecule has 0 aliphatic rings. The number of rotatable bonds is 3. The fourth-order valence-corrected chi connectivity index (χ4v) is 1.63. The first-order chi connectivity index (χ1) is 8.61. The Morgan fingerprint density at radius 2 is 1.94 bits per heavy atom. The number of halogens is 3. The number of nitrogens with zero attached hydrogens (tertiary/aromatic N) is 1. The number of benzene rings is 1. The maximum Gasteiger partial charge on any atom is 0.263 e. The average molecular weight is 253 g/mol. The zero-order valence-corrected chi connectivity index (χ0v) is 9.32. The van der Waals surface area contributed by atoms with E-state index >= 15 is 0 Å². The highest BCUT2D eigenvalue weighted by molar-refractivity contribution is 5.37. The molecule has 0 aliphatic heterocycles. The summed E-state index contributed by atoms with van der Waals surface area (Å²) < 4.78 is 38.7. The molecule has 2 rings (SSSR count). The second-order valence-corrected chi connectivity index (χ2v) is 3.77. The summed E-state index contributed by atoms with van der Waals surface area (Å²) in [5.41, 5.74) is -0.00462. The molecule has 0 unspecified atom stereocenters. The second kappa shape index (κ2) is 5.08. The normalized spacial score (nSPS) is 10.9. The molecule has 0 fully saturated rings. The van der Waals surface area contributed by atoms with E-state index in [1.807, 2.05) is 0 Å². The van der Waals surface area contributed by atoms with Crippen LogP contribution in [0.5, 0.6) is 0 Å². The van der Waals surface area contributed by atoms with Crippen molar-refractivity contribution in [1.29, 1.82) is 0 Å². The zero-order chi connectivity index (χ0) is 13.1. The summed E-state index contributed by atoms with van der Waals surface area (Å²) >= 11 is 0. The summed E-state index contributed by atoms with van der Waals surface area (Å²) in [4.78, 5) is 11.7. The number of alkyl halides is 3. The predicted molar refractivity (Wildman–Crippen MR) is 61.8 cm³/mol. The van der Waals surface area contributed by atoms with E-state index in [-0.39, 0.29) is 11.1 Å². The summed E-state index contributed by atoms with van der Waals surface area (Å²) in [7, 11) is 0. The minimum atomic E-state index is -2.59. The maximum atomic E-state index is 12.5. The van der Waals surface area contributed by atoms with E-state index in [1.165, 1.54) is 35.0 Å². The van der Waals surface area contributed by atoms with Crippen molar-refractivity contribution in [2.24, 2.45) is 0 Å². The first-order valence-electron chi connectivity index (χ1n) is 5.28. The van der Waals surface area contributed by atoms with Crippen molar-refractivity contribution in [3.63, 3.8) is 0 Å². The van der Waals surface area contributed by atoms with Gasteiger partial charge in [0.25, 0.3) is 12.0 Å². The van der Waals surface area contributed by atoms with Crippen molar-refractivity contribution in [1.82, 2.24) is 4.57 Å². The Labute approximate surface area is 101 Å². The third-order valence-electron chi connectivity index (χ3n) is 2.54. The van der Waals surface area contributed by atoms with Crippen molar-refractivity contribution < 1.29 is 13.2 Å². The molecule has 2 aromatic rings. The van der Waals surface area contributed by atoms with Crippen molar-refractivity contribution >= 4 is 0 Å². The molecule has 1 heterocycles. The van der Waals surface area contributed by atoms with Crippen LogP contribution in [0.4, 0.5) is 13.2 Å². The molecule has 1 aromatic heterocycles. The lowest BCUT2D eigenvalue weighted by atomic mass is 10.2. The number of pyridine rings is 1. The number of hydrogen-bond donors (Lipinski definition) is 0. The lowest BCUT2D eigenvalue weighted by Gasteiger charge is -2.08. The molecule has 0 N–H and O–H groups in total. The lowest BCUT2D eigenvalue weighted by molar-refractivity contribution is 0.151. The summed E-state index contributed by atoms with van der Waals surface area (Å²) in [5.74, 6) is 0. The van der Waals surface area contributed by atoms with Gasteiger partial charge < -0.3 is 0 Å². The highest BCUT2D eigenvalue weighted by Crippen LogP contribution is 2.20. The van der Waals surface area contributed by atoms with E-state index in [1.54, 1.807) is 6.07 Å². The van der Waals surface area contributed by atoms with E-state index < -0.39 is 18.7 Å². The van der Waals surface area contributed by atoms with Crippen LogP contribution in [0.25, 0.3) is 5.69 Å². The van der Waals surface area contributed by atoms with E-state index in [4.69, 9.17) is 0 Å². The standard InChI is InChI=1S/C13H10F3NO/c14-8-9-4-5-17(12(18)6-9)11-3-1-2-10(7-11)13(15)16/h1-7,13H,8H2. The van der Waals surface area contributed by atoms with Gasteiger partial charge in [-0.25, -0.2) is 13.2 Å². The third-order valence-corrected chi connectivity index (χ3v) is 2.54. The molecule has 0 bridgehead atoms. The molecule has 5 heteroatoms. The van der Waals surface area contributed by atoms with Gasteiger partial charge in [0.1, 0.15) is 6.67 Å². The van der Waals surface area contributed by atoms with Gasteiger partial charge in [-0.3, -0.25) is 9.36 Å². The lowest BCUT2D eigenvalue weighted by Crippen LogP contribution is -2.17. The Kier molecular flexibility index (Phi) is 3.50. The fourth-order valence-electron chi connectivity index (χ4n) is 1.63. The maximum absolute atomic E-state index is 12.5. The van der Waals surface area contributed by atoms with Crippen LogP contribution in [0.1, 0.15) is 17.6 Å². The Morgan fingerprint density at radius 3 is 2.56 bits per heavy atom. The molecule has 18 heavy (non-hydrogen) atoms. The summed E-state index contributed by atoms with van der Waals surface area (Å²) in [6.07, 6.45) is -1.22. The Hall–Kier alpha value is -2.04. The molecular formula is C13H10F3NO. The highest BCUT2D eigenvalue weighted by Gasteiger charge is 2.08. The van der Waals surface area contributed by atoms with Gasteiger partial charge in [0.2, 0.25) is 0 Å². The largest absolute Gasteiger partial charge is 0.284 e. The molecule has 2 nitrogen and oxygen atoms in total. The number of aromatic nitrogens is 1. The van der Waals surface area contributed by atoms with Crippen LogP contribution in [-0.4, -0.2) is 4.57 Å². The van der Waals surface area contributed by atoms with Crippen LogP contribution in [0.3, 0.4) is 0 Å². The molecule has 0 atom stereocenters. The van der Waals surface area contributed by atoms with E-state index in [0.717, 1.165) is 6.07 Å². The zero-order valence-electron chi connectivity index (χ0n) is 9.32. The summed E-state index contributed by atoms with van der Waals surface area (Å²) in [6, 6.07) is 8.11. The molecule has 0 spiro atoms. The monoisotopic (exact) mass is 253 g/mol. The smallest absolute Gasteiger partial charge is 0.263 e. The van der Waals surface area contributed by atoms with E-state index in [9.17, 15) is 18.0 Å². The van der Waals surface area contributed by atoms with Crippen LogP contribution in [-0.2, 0) is 6.67 Å². The first kappa shape index (κ1) is 12.4. The molecule has 0 radical (unpaired) electrons. The Balaban J connectivity index is 2.49. The van der Waals surface area contributed by atoms with Crippen molar-refractivity contribution in [2.45, 2.75) is 13.1 Å². The highest BCUT2D eigenvalue weighted by atomic mass is 19.3. The molecule has 0 saturated heterocycles. The topological polar surface area (TPSA) is 22.0 Å². The minimum Gasteiger partial charge on any atom is -0.284 e. The summed E-state index contributed by atoms with van der Waals surface area (Å²) in [5, 5.41) is 0. The van der Waals surface area contributed by atoms with Gasteiger partial charge in [0.05, 0.1) is 0 Å². The molecule has 1 aromatic carbocycles. The Bertz CT molecular complexity index is 607. The number of hydrogen-bond acceptors (Lipinski definition) is 1. The average Bonchev–Trinajstić information content (AvgIpc) is 2.38. The van der Waals surface area contributed by atoms with Gasteiger partial charge in [-0.05, 0) is 23.8 Å². The van der Waals surface area contributed by atoms with E-state index in [2.05, 4.69) is 0 Å². The van der Waals surface area contributed by atoms with Crippen molar-refractivity contribution in [3.05, 3.63) is 64.1 Å². The van der Waals surface area contributed by atoms with Gasteiger partial charge in [-0.15, -0.1) is 0 Å². The fraction of sp³-hybridized carbons (Fsp3) is 0.154.